The van der Waals surface area contributed by atoms with Crippen LogP contribution >= 0.6 is 11.6 Å². The second-order valence-corrected chi connectivity index (χ2v) is 19.3. The van der Waals surface area contributed by atoms with Gasteiger partial charge in [-0.25, -0.2) is 0 Å². The molecule has 6 heteroatoms. The summed E-state index contributed by atoms with van der Waals surface area (Å²) in [6.07, 6.45) is 0. The molecule has 126 valence electrons. The fourth-order valence-corrected chi connectivity index (χ4v) is 6.64. The number of para-hydroxylation sites is 1. The Bertz CT molecular complexity index is 497. The summed E-state index contributed by atoms with van der Waals surface area (Å²) >= 11 is 7.12. The summed E-state index contributed by atoms with van der Waals surface area (Å²) in [5.74, 6) is 0.893. The van der Waals surface area contributed by atoms with Crippen LogP contribution in [0.3, 0.4) is 0 Å². The second-order valence-electron chi connectivity index (χ2n) is 7.88. The number of alkyl halides is 1. The average Bonchev–Trinajstić information content (AvgIpc) is 2.34. The lowest BCUT2D eigenvalue weighted by Crippen LogP contribution is -2.41. The quantitative estimate of drug-likeness (QED) is 0.484. The summed E-state index contributed by atoms with van der Waals surface area (Å²) < 4.78 is 12.8. The summed E-state index contributed by atoms with van der Waals surface area (Å²) in [7, 11) is -3.81. The number of benzene rings is 1. The third kappa shape index (κ3) is 5.53. The first kappa shape index (κ1) is 20.0. The van der Waals surface area contributed by atoms with Crippen molar-refractivity contribution in [3.63, 3.8) is 0 Å². The maximum atomic E-state index is 7.12. The van der Waals surface area contributed by atoms with Crippen LogP contribution in [0.25, 0.3) is 0 Å². The Labute approximate surface area is 145 Å². The highest BCUT2D eigenvalue weighted by atomic mass is 35.5. The summed E-state index contributed by atoms with van der Waals surface area (Å²) in [5.41, 5.74) is 1.34. The molecule has 0 N–H and O–H groups in total. The minimum atomic E-state index is -1.79. The molecular weight excluding hydrogens is 344 g/mol. The van der Waals surface area contributed by atoms with Crippen LogP contribution in [0.1, 0.15) is 12.5 Å². The van der Waals surface area contributed by atoms with E-state index in [1.54, 1.807) is 0 Å². The molecule has 2 atom stereocenters. The van der Waals surface area contributed by atoms with E-state index in [-0.39, 0.29) is 9.52 Å². The molecule has 1 aromatic rings. The molecule has 2 unspecified atom stereocenters. The first-order valence-corrected chi connectivity index (χ1v) is 17.5. The maximum Gasteiger partial charge on any atom is 0.242 e. The van der Waals surface area contributed by atoms with Gasteiger partial charge in [-0.15, -0.1) is 0 Å². The standard InChI is InChI=1S/C16H31ClO2Si3/c1-13(20-2)16(17,19-22(6,7)8)14-11-9-10-12-15(14)18-21(3,4)5/h9-13H,20H2,1-8H3. The summed E-state index contributed by atoms with van der Waals surface area (Å²) in [6.45, 7) is 17.6. The van der Waals surface area contributed by atoms with Gasteiger partial charge in [-0.05, 0) is 50.9 Å². The van der Waals surface area contributed by atoms with E-state index in [2.05, 4.69) is 58.8 Å². The Morgan fingerprint density at radius 3 is 2.05 bits per heavy atom. The summed E-state index contributed by atoms with van der Waals surface area (Å²) in [5, 5.41) is -0.762. The van der Waals surface area contributed by atoms with Crippen molar-refractivity contribution >= 4 is 37.8 Å². The van der Waals surface area contributed by atoms with Crippen molar-refractivity contribution in [2.24, 2.45) is 0 Å². The van der Waals surface area contributed by atoms with Crippen LogP contribution in [0, 0.1) is 0 Å². The van der Waals surface area contributed by atoms with Crippen LogP contribution in [0.2, 0.25) is 51.4 Å². The predicted octanol–water partition coefficient (Wildman–Crippen LogP) is 5.17. The minimum absolute atomic E-state index is 0.315. The van der Waals surface area contributed by atoms with Crippen LogP contribution in [0.5, 0.6) is 5.75 Å². The van der Waals surface area contributed by atoms with E-state index in [1.165, 1.54) is 0 Å². The van der Waals surface area contributed by atoms with E-state index in [0.717, 1.165) is 11.3 Å². The number of halogens is 1. The molecule has 1 rings (SSSR count). The van der Waals surface area contributed by atoms with Gasteiger partial charge < -0.3 is 8.85 Å². The summed E-state index contributed by atoms with van der Waals surface area (Å²) in [6, 6.07) is 8.14. The van der Waals surface area contributed by atoms with Crippen LogP contribution in [-0.2, 0) is 9.49 Å². The van der Waals surface area contributed by atoms with Crippen molar-refractivity contribution in [2.75, 3.05) is 0 Å². The van der Waals surface area contributed by atoms with Crippen LogP contribution in [-0.4, -0.2) is 26.2 Å². The van der Waals surface area contributed by atoms with E-state index in [4.69, 9.17) is 20.5 Å². The van der Waals surface area contributed by atoms with Gasteiger partial charge in [0.15, 0.2) is 13.4 Å². The van der Waals surface area contributed by atoms with Gasteiger partial charge in [0.1, 0.15) is 5.75 Å². The summed E-state index contributed by atoms with van der Waals surface area (Å²) in [4.78, 5) is 0. The SMILES string of the molecule is C[SiH2]C(C)C(Cl)(O[Si](C)(C)C)c1ccccc1O[Si](C)(C)C. The zero-order valence-electron chi connectivity index (χ0n) is 15.3. The van der Waals surface area contributed by atoms with E-state index in [9.17, 15) is 0 Å². The normalized spacial score (nSPS) is 17.5. The smallest absolute Gasteiger partial charge is 0.242 e. The fraction of sp³-hybridized carbons (Fsp3) is 0.625. The van der Waals surface area contributed by atoms with E-state index in [1.807, 2.05) is 18.2 Å². The van der Waals surface area contributed by atoms with Gasteiger partial charge in [-0.2, -0.15) is 0 Å². The monoisotopic (exact) mass is 374 g/mol. The number of hydrogen-bond donors (Lipinski definition) is 0. The number of rotatable bonds is 7. The van der Waals surface area contributed by atoms with Crippen LogP contribution in [0.4, 0.5) is 0 Å². The molecule has 0 heterocycles. The highest BCUT2D eigenvalue weighted by molar-refractivity contribution is 6.71. The molecule has 0 spiro atoms. The number of hydrogen-bond acceptors (Lipinski definition) is 2. The lowest BCUT2D eigenvalue weighted by molar-refractivity contribution is 0.142. The van der Waals surface area contributed by atoms with Gasteiger partial charge in [0.2, 0.25) is 8.32 Å². The zero-order chi connectivity index (χ0) is 17.2. The van der Waals surface area contributed by atoms with Gasteiger partial charge >= 0.3 is 0 Å². The first-order chi connectivity index (χ1) is 9.89. The average molecular weight is 375 g/mol. The molecule has 0 aliphatic carbocycles. The van der Waals surface area contributed by atoms with Crippen molar-refractivity contribution < 1.29 is 8.85 Å². The molecule has 0 aliphatic heterocycles. The van der Waals surface area contributed by atoms with Crippen LogP contribution in [0.15, 0.2) is 24.3 Å². The lowest BCUT2D eigenvalue weighted by atomic mass is 10.1. The Hall–Kier alpha value is -0.0794. The molecule has 0 aliphatic rings. The van der Waals surface area contributed by atoms with Crippen molar-refractivity contribution in [3.05, 3.63) is 29.8 Å². The predicted molar refractivity (Wildman–Crippen MR) is 106 cm³/mol. The third-order valence-electron chi connectivity index (χ3n) is 3.37. The topological polar surface area (TPSA) is 18.5 Å². The molecule has 0 fully saturated rings. The Morgan fingerprint density at radius 1 is 1.05 bits per heavy atom. The second kappa shape index (κ2) is 7.22. The molecule has 0 saturated heterocycles. The Morgan fingerprint density at radius 2 is 1.59 bits per heavy atom. The third-order valence-corrected chi connectivity index (χ3v) is 7.98. The van der Waals surface area contributed by atoms with E-state index >= 15 is 0 Å². The van der Waals surface area contributed by atoms with Gasteiger partial charge in [-0.1, -0.05) is 43.3 Å². The van der Waals surface area contributed by atoms with Crippen LogP contribution < -0.4 is 4.43 Å². The van der Waals surface area contributed by atoms with E-state index < -0.39 is 21.7 Å². The lowest BCUT2D eigenvalue weighted by Gasteiger charge is -2.40. The zero-order valence-corrected chi connectivity index (χ0v) is 19.5. The molecule has 0 amide bonds. The fourth-order valence-electron chi connectivity index (χ4n) is 2.30. The molecule has 0 saturated carbocycles. The molecule has 0 bridgehead atoms. The van der Waals surface area contributed by atoms with E-state index in [0.29, 0.717) is 5.54 Å². The van der Waals surface area contributed by atoms with Gasteiger partial charge in [-0.3, -0.25) is 0 Å². The van der Waals surface area contributed by atoms with Gasteiger partial charge in [0, 0.05) is 15.1 Å². The van der Waals surface area contributed by atoms with Gasteiger partial charge in [0.05, 0.1) is 0 Å². The largest absolute Gasteiger partial charge is 0.544 e. The Balaban J connectivity index is 3.37. The molecular formula is C16H31ClO2Si3. The minimum Gasteiger partial charge on any atom is -0.544 e. The van der Waals surface area contributed by atoms with Crippen molar-refractivity contribution in [1.29, 1.82) is 0 Å². The molecule has 0 radical (unpaired) electrons. The maximum absolute atomic E-state index is 7.12. The van der Waals surface area contributed by atoms with Gasteiger partial charge in [0.25, 0.3) is 0 Å². The molecule has 2 nitrogen and oxygen atoms in total. The highest BCUT2D eigenvalue weighted by Crippen LogP contribution is 2.47. The molecule has 1 aromatic carbocycles. The van der Waals surface area contributed by atoms with Crippen molar-refractivity contribution in [2.45, 2.75) is 63.4 Å². The Kier molecular flexibility index (Phi) is 6.55. The molecule has 22 heavy (non-hydrogen) atoms. The van der Waals surface area contributed by atoms with Crippen molar-refractivity contribution in [1.82, 2.24) is 0 Å². The molecule has 0 aromatic heterocycles. The van der Waals surface area contributed by atoms with Crippen molar-refractivity contribution in [3.8, 4) is 5.75 Å². The highest BCUT2D eigenvalue weighted by Gasteiger charge is 2.42. The first-order valence-electron chi connectivity index (χ1n) is 8.06.